The van der Waals surface area contributed by atoms with Gasteiger partial charge in [0.1, 0.15) is 5.82 Å². The van der Waals surface area contributed by atoms with Crippen LogP contribution in [0.1, 0.15) is 36.7 Å². The number of carbonyl (C=O) groups is 1. The van der Waals surface area contributed by atoms with E-state index in [2.05, 4.69) is 20.5 Å². The zero-order valence-corrected chi connectivity index (χ0v) is 18.8. The Kier molecular flexibility index (Phi) is 6.69. The predicted molar refractivity (Wildman–Crippen MR) is 130 cm³/mol. The quantitative estimate of drug-likeness (QED) is 0.291. The van der Waals surface area contributed by atoms with Crippen LogP contribution < -0.4 is 14.9 Å². The van der Waals surface area contributed by atoms with Crippen molar-refractivity contribution in [2.45, 2.75) is 26.9 Å². The molecule has 0 saturated carbocycles. The Hall–Kier alpha value is -4.13. The van der Waals surface area contributed by atoms with Crippen molar-refractivity contribution in [2.75, 3.05) is 6.61 Å². The van der Waals surface area contributed by atoms with Gasteiger partial charge in [-0.05, 0) is 62.7 Å². The van der Waals surface area contributed by atoms with Gasteiger partial charge in [0.05, 0.1) is 30.0 Å². The average molecular weight is 443 g/mol. The average Bonchev–Trinajstić information content (AvgIpc) is 3.24. The second-order valence-electron chi connectivity index (χ2n) is 7.69. The zero-order chi connectivity index (χ0) is 23.2. The Morgan fingerprint density at radius 2 is 1.91 bits per heavy atom. The van der Waals surface area contributed by atoms with E-state index in [1.165, 1.54) is 0 Å². The van der Waals surface area contributed by atoms with E-state index < -0.39 is 0 Å². The summed E-state index contributed by atoms with van der Waals surface area (Å²) in [6.45, 7) is 6.36. The van der Waals surface area contributed by atoms with Crippen LogP contribution in [0.5, 0.6) is 11.5 Å². The van der Waals surface area contributed by atoms with Gasteiger partial charge in [0.15, 0.2) is 11.5 Å². The van der Waals surface area contributed by atoms with Gasteiger partial charge >= 0.3 is 0 Å². The van der Waals surface area contributed by atoms with Crippen LogP contribution in [-0.4, -0.2) is 34.8 Å². The number of hydrazone groups is 1. The van der Waals surface area contributed by atoms with Gasteiger partial charge in [-0.25, -0.2) is 10.4 Å². The highest BCUT2D eigenvalue weighted by molar-refractivity contribution is 5.98. The van der Waals surface area contributed by atoms with Crippen molar-refractivity contribution in [1.29, 1.82) is 0 Å². The van der Waals surface area contributed by atoms with Gasteiger partial charge in [0, 0.05) is 11.1 Å². The topological polar surface area (TPSA) is 88.6 Å². The van der Waals surface area contributed by atoms with Crippen molar-refractivity contribution >= 4 is 23.2 Å². The van der Waals surface area contributed by atoms with Crippen LogP contribution >= 0.6 is 0 Å². The molecule has 2 N–H and O–H groups in total. The summed E-state index contributed by atoms with van der Waals surface area (Å²) in [6, 6.07) is 20.7. The molecule has 1 aromatic heterocycles. The van der Waals surface area contributed by atoms with Crippen molar-refractivity contribution in [2.24, 2.45) is 5.10 Å². The highest BCUT2D eigenvalue weighted by atomic mass is 16.5. The minimum absolute atomic E-state index is 0.0407. The number of hydrogen-bond acceptors (Lipinski definition) is 5. The summed E-state index contributed by atoms with van der Waals surface area (Å²) in [4.78, 5) is 20.5. The Bertz CT molecular complexity index is 1280. The number of fused-ring (bicyclic) bond motifs is 1. The molecule has 1 amide bonds. The van der Waals surface area contributed by atoms with Crippen molar-refractivity contribution in [3.63, 3.8) is 0 Å². The van der Waals surface area contributed by atoms with Crippen LogP contribution in [0.3, 0.4) is 0 Å². The largest absolute Gasteiger partial charge is 0.490 e. The van der Waals surface area contributed by atoms with Gasteiger partial charge in [-0.1, -0.05) is 30.3 Å². The molecular formula is C26H26N4O3. The van der Waals surface area contributed by atoms with E-state index in [4.69, 9.17) is 9.47 Å². The van der Waals surface area contributed by atoms with E-state index in [-0.39, 0.29) is 12.0 Å². The minimum atomic E-state index is -0.311. The van der Waals surface area contributed by atoms with Crippen LogP contribution in [0.15, 0.2) is 71.8 Å². The lowest BCUT2D eigenvalue weighted by molar-refractivity contribution is 0.0955. The van der Waals surface area contributed by atoms with Gasteiger partial charge in [-0.15, -0.1) is 0 Å². The van der Waals surface area contributed by atoms with Crippen LogP contribution in [0.2, 0.25) is 0 Å². The SMILES string of the molecule is CCOc1cc(/C=N/NC(=O)c2ccc3nc(-c4ccccc4)[nH]c3c2)ccc1OC(C)C. The maximum Gasteiger partial charge on any atom is 0.271 e. The molecule has 7 nitrogen and oxygen atoms in total. The summed E-state index contributed by atoms with van der Waals surface area (Å²) in [7, 11) is 0. The molecule has 0 saturated heterocycles. The third-order valence-corrected chi connectivity index (χ3v) is 4.80. The number of benzene rings is 3. The molecule has 7 heteroatoms. The van der Waals surface area contributed by atoms with Gasteiger partial charge in [0.2, 0.25) is 0 Å². The van der Waals surface area contributed by atoms with Crippen LogP contribution in [0.25, 0.3) is 22.4 Å². The molecule has 4 rings (SSSR count). The number of ether oxygens (including phenoxy) is 2. The molecule has 33 heavy (non-hydrogen) atoms. The highest BCUT2D eigenvalue weighted by Crippen LogP contribution is 2.29. The molecule has 0 aliphatic carbocycles. The Morgan fingerprint density at radius 1 is 1.09 bits per heavy atom. The second kappa shape index (κ2) is 9.99. The molecule has 168 valence electrons. The predicted octanol–water partition coefficient (Wildman–Crippen LogP) is 5.18. The number of nitrogens with zero attached hydrogens (tertiary/aromatic N) is 2. The van der Waals surface area contributed by atoms with Crippen LogP contribution in [-0.2, 0) is 0 Å². The fourth-order valence-electron chi connectivity index (χ4n) is 3.34. The van der Waals surface area contributed by atoms with Gasteiger partial charge in [0.25, 0.3) is 5.91 Å². The normalized spacial score (nSPS) is 11.3. The number of hydrogen-bond donors (Lipinski definition) is 2. The maximum absolute atomic E-state index is 12.6. The van der Waals surface area contributed by atoms with Crippen molar-refractivity contribution in [3.8, 4) is 22.9 Å². The van der Waals surface area contributed by atoms with E-state index in [0.717, 1.165) is 28.0 Å². The first kappa shape index (κ1) is 22.1. The molecule has 0 aliphatic heterocycles. The molecule has 0 unspecified atom stereocenters. The highest BCUT2D eigenvalue weighted by Gasteiger charge is 2.10. The van der Waals surface area contributed by atoms with Crippen LogP contribution in [0, 0.1) is 0 Å². The molecule has 0 atom stereocenters. The smallest absolute Gasteiger partial charge is 0.271 e. The van der Waals surface area contributed by atoms with Crippen molar-refractivity contribution < 1.29 is 14.3 Å². The molecule has 1 heterocycles. The van der Waals surface area contributed by atoms with E-state index in [1.54, 1.807) is 18.3 Å². The number of aromatic amines is 1. The molecule has 0 aliphatic rings. The summed E-state index contributed by atoms with van der Waals surface area (Å²) in [5, 5.41) is 4.10. The number of aromatic nitrogens is 2. The molecular weight excluding hydrogens is 416 g/mol. The lowest BCUT2D eigenvalue weighted by Gasteiger charge is -2.14. The first-order chi connectivity index (χ1) is 16.0. The maximum atomic E-state index is 12.6. The molecule has 0 spiro atoms. The number of H-pyrrole nitrogens is 1. The first-order valence-corrected chi connectivity index (χ1v) is 10.9. The second-order valence-corrected chi connectivity index (χ2v) is 7.69. The third kappa shape index (κ3) is 5.38. The lowest BCUT2D eigenvalue weighted by atomic mass is 10.2. The molecule has 3 aromatic carbocycles. The van der Waals surface area contributed by atoms with E-state index in [9.17, 15) is 4.79 Å². The summed E-state index contributed by atoms with van der Waals surface area (Å²) >= 11 is 0. The van der Waals surface area contributed by atoms with Gasteiger partial charge in [-0.2, -0.15) is 5.10 Å². The van der Waals surface area contributed by atoms with Crippen molar-refractivity contribution in [1.82, 2.24) is 15.4 Å². The number of rotatable bonds is 8. The Balaban J connectivity index is 1.46. The monoisotopic (exact) mass is 442 g/mol. The van der Waals surface area contributed by atoms with Gasteiger partial charge < -0.3 is 14.5 Å². The third-order valence-electron chi connectivity index (χ3n) is 4.80. The molecule has 0 fully saturated rings. The number of nitrogens with one attached hydrogen (secondary N) is 2. The Labute approximate surface area is 192 Å². The Morgan fingerprint density at radius 3 is 2.67 bits per heavy atom. The van der Waals surface area contributed by atoms with Crippen molar-refractivity contribution in [3.05, 3.63) is 77.9 Å². The standard InChI is InChI=1S/C26H26N4O3/c1-4-32-24-14-18(10-13-23(24)33-17(2)3)16-27-30-26(31)20-11-12-21-22(15-20)29-25(28-21)19-8-6-5-7-9-19/h5-17H,4H2,1-3H3,(H,28,29)(H,30,31)/b27-16+. The van der Waals surface area contributed by atoms with Gasteiger partial charge in [-0.3, -0.25) is 4.79 Å². The molecule has 0 radical (unpaired) electrons. The number of carbonyl (C=O) groups excluding carboxylic acids is 1. The molecule has 4 aromatic rings. The summed E-state index contributed by atoms with van der Waals surface area (Å²) in [6.07, 6.45) is 1.61. The van der Waals surface area contributed by atoms with E-state index >= 15 is 0 Å². The fourth-order valence-corrected chi connectivity index (χ4v) is 3.34. The first-order valence-electron chi connectivity index (χ1n) is 10.9. The van der Waals surface area contributed by atoms with E-state index in [1.807, 2.05) is 75.4 Å². The minimum Gasteiger partial charge on any atom is -0.490 e. The number of imidazole rings is 1. The lowest BCUT2D eigenvalue weighted by Crippen LogP contribution is -2.17. The van der Waals surface area contributed by atoms with Crippen LogP contribution in [0.4, 0.5) is 0 Å². The van der Waals surface area contributed by atoms with E-state index in [0.29, 0.717) is 23.7 Å². The fraction of sp³-hybridized carbons (Fsp3) is 0.192. The zero-order valence-electron chi connectivity index (χ0n) is 18.8. The summed E-state index contributed by atoms with van der Waals surface area (Å²) < 4.78 is 11.4. The summed E-state index contributed by atoms with van der Waals surface area (Å²) in [5.41, 5.74) is 6.41. The summed E-state index contributed by atoms with van der Waals surface area (Å²) in [5.74, 6) is 1.76. The number of amides is 1. The molecule has 0 bridgehead atoms.